The second-order valence-corrected chi connectivity index (χ2v) is 3.82. The number of pyridine rings is 1. The summed E-state index contributed by atoms with van der Waals surface area (Å²) in [6, 6.07) is 4.59. The van der Waals surface area contributed by atoms with Gasteiger partial charge in [-0.1, -0.05) is 6.07 Å². The monoisotopic (exact) mass is 193 g/mol. The van der Waals surface area contributed by atoms with Crippen LogP contribution in [0.15, 0.2) is 18.3 Å². The lowest BCUT2D eigenvalue weighted by Gasteiger charge is -2.21. The largest absolute Gasteiger partial charge is 0.325 e. The van der Waals surface area contributed by atoms with Crippen molar-refractivity contribution in [1.82, 2.24) is 9.88 Å². The van der Waals surface area contributed by atoms with Gasteiger partial charge in [0.25, 0.3) is 0 Å². The summed E-state index contributed by atoms with van der Waals surface area (Å²) in [6.45, 7) is 5.79. The summed E-state index contributed by atoms with van der Waals surface area (Å²) in [7, 11) is 2.11. The zero-order valence-electron chi connectivity index (χ0n) is 9.20. The van der Waals surface area contributed by atoms with Crippen molar-refractivity contribution in [3.8, 4) is 0 Å². The summed E-state index contributed by atoms with van der Waals surface area (Å²) < 4.78 is 0. The van der Waals surface area contributed by atoms with Crippen LogP contribution in [0.5, 0.6) is 0 Å². The summed E-state index contributed by atoms with van der Waals surface area (Å²) in [5, 5.41) is 0. The molecule has 3 heteroatoms. The molecule has 0 amide bonds. The molecule has 78 valence electrons. The molecule has 0 saturated carbocycles. The van der Waals surface area contributed by atoms with Gasteiger partial charge in [-0.3, -0.25) is 9.88 Å². The summed E-state index contributed by atoms with van der Waals surface area (Å²) >= 11 is 0. The van der Waals surface area contributed by atoms with Crippen LogP contribution in [-0.4, -0.2) is 23.0 Å². The zero-order chi connectivity index (χ0) is 10.6. The maximum absolute atomic E-state index is 5.62. The Morgan fingerprint density at radius 1 is 1.50 bits per heavy atom. The van der Waals surface area contributed by atoms with Crippen LogP contribution in [0, 0.1) is 0 Å². The lowest BCUT2D eigenvalue weighted by atomic mass is 10.1. The first-order valence-corrected chi connectivity index (χ1v) is 4.98. The second-order valence-electron chi connectivity index (χ2n) is 3.82. The van der Waals surface area contributed by atoms with Gasteiger partial charge in [0.05, 0.1) is 5.69 Å². The Balaban J connectivity index is 2.75. The maximum atomic E-state index is 5.62. The van der Waals surface area contributed by atoms with Crippen LogP contribution in [-0.2, 0) is 13.1 Å². The molecule has 0 saturated heterocycles. The van der Waals surface area contributed by atoms with Crippen LogP contribution in [0.1, 0.15) is 25.1 Å². The van der Waals surface area contributed by atoms with E-state index >= 15 is 0 Å². The van der Waals surface area contributed by atoms with E-state index in [4.69, 9.17) is 5.73 Å². The molecule has 1 rings (SSSR count). The van der Waals surface area contributed by atoms with Gasteiger partial charge >= 0.3 is 0 Å². The SMILES string of the molecule is CC(C)N(C)Cc1cccnc1CN. The van der Waals surface area contributed by atoms with Crippen molar-refractivity contribution in [1.29, 1.82) is 0 Å². The minimum absolute atomic E-state index is 0.516. The molecule has 0 atom stereocenters. The molecule has 0 unspecified atom stereocenters. The van der Waals surface area contributed by atoms with Gasteiger partial charge in [-0.2, -0.15) is 0 Å². The maximum Gasteiger partial charge on any atom is 0.0584 e. The summed E-state index contributed by atoms with van der Waals surface area (Å²) in [5.74, 6) is 0. The van der Waals surface area contributed by atoms with Crippen LogP contribution in [0.2, 0.25) is 0 Å². The smallest absolute Gasteiger partial charge is 0.0584 e. The van der Waals surface area contributed by atoms with Crippen molar-refractivity contribution in [2.75, 3.05) is 7.05 Å². The molecule has 1 aromatic rings. The van der Waals surface area contributed by atoms with Gasteiger partial charge < -0.3 is 5.73 Å². The molecule has 0 aromatic carbocycles. The van der Waals surface area contributed by atoms with Crippen molar-refractivity contribution in [3.05, 3.63) is 29.6 Å². The van der Waals surface area contributed by atoms with Crippen molar-refractivity contribution < 1.29 is 0 Å². The Hall–Kier alpha value is -0.930. The molecule has 1 heterocycles. The van der Waals surface area contributed by atoms with Crippen molar-refractivity contribution >= 4 is 0 Å². The Morgan fingerprint density at radius 3 is 2.79 bits per heavy atom. The van der Waals surface area contributed by atoms with Gasteiger partial charge in [0.15, 0.2) is 0 Å². The number of nitrogens with zero attached hydrogens (tertiary/aromatic N) is 2. The molecule has 2 N–H and O–H groups in total. The van der Waals surface area contributed by atoms with E-state index in [1.807, 2.05) is 6.07 Å². The van der Waals surface area contributed by atoms with Gasteiger partial charge in [0.1, 0.15) is 0 Å². The summed E-state index contributed by atoms with van der Waals surface area (Å²) in [5.41, 5.74) is 7.85. The van der Waals surface area contributed by atoms with Gasteiger partial charge in [0, 0.05) is 25.3 Å². The van der Waals surface area contributed by atoms with E-state index in [1.165, 1.54) is 5.56 Å². The number of aromatic nitrogens is 1. The number of hydrogen-bond acceptors (Lipinski definition) is 3. The van der Waals surface area contributed by atoms with Crippen LogP contribution in [0.25, 0.3) is 0 Å². The second kappa shape index (κ2) is 5.08. The van der Waals surface area contributed by atoms with Crippen LogP contribution < -0.4 is 5.73 Å². The normalized spacial score (nSPS) is 11.3. The van der Waals surface area contributed by atoms with Gasteiger partial charge in [-0.15, -0.1) is 0 Å². The molecule has 0 bridgehead atoms. The van der Waals surface area contributed by atoms with Crippen molar-refractivity contribution in [2.24, 2.45) is 5.73 Å². The fourth-order valence-electron chi connectivity index (χ4n) is 1.25. The molecule has 0 radical (unpaired) electrons. The highest BCUT2D eigenvalue weighted by Gasteiger charge is 2.07. The molecule has 0 fully saturated rings. The van der Waals surface area contributed by atoms with Crippen LogP contribution in [0.3, 0.4) is 0 Å². The van der Waals surface area contributed by atoms with E-state index in [9.17, 15) is 0 Å². The minimum atomic E-state index is 0.516. The molecule has 0 aliphatic rings. The van der Waals surface area contributed by atoms with Gasteiger partial charge in [-0.05, 0) is 32.5 Å². The average Bonchev–Trinajstić information content (AvgIpc) is 2.18. The summed E-state index contributed by atoms with van der Waals surface area (Å²) in [6.07, 6.45) is 1.79. The number of hydrogen-bond donors (Lipinski definition) is 1. The Morgan fingerprint density at radius 2 is 2.21 bits per heavy atom. The number of nitrogens with two attached hydrogens (primary N) is 1. The Labute approximate surface area is 85.9 Å². The molecule has 0 spiro atoms. The van der Waals surface area contributed by atoms with E-state index in [2.05, 4.69) is 36.8 Å². The zero-order valence-corrected chi connectivity index (χ0v) is 9.20. The quantitative estimate of drug-likeness (QED) is 0.785. The predicted molar refractivity (Wildman–Crippen MR) is 58.7 cm³/mol. The highest BCUT2D eigenvalue weighted by Crippen LogP contribution is 2.09. The van der Waals surface area contributed by atoms with Crippen LogP contribution >= 0.6 is 0 Å². The molecule has 0 aliphatic heterocycles. The minimum Gasteiger partial charge on any atom is -0.325 e. The third-order valence-electron chi connectivity index (χ3n) is 2.48. The first-order valence-electron chi connectivity index (χ1n) is 4.98. The van der Waals surface area contributed by atoms with Crippen molar-refractivity contribution in [2.45, 2.75) is 33.0 Å². The van der Waals surface area contributed by atoms with Crippen LogP contribution in [0.4, 0.5) is 0 Å². The Bertz CT molecular complexity index is 284. The number of rotatable bonds is 4. The molecule has 1 aromatic heterocycles. The topological polar surface area (TPSA) is 42.2 Å². The average molecular weight is 193 g/mol. The third-order valence-corrected chi connectivity index (χ3v) is 2.48. The first kappa shape index (κ1) is 11.1. The first-order chi connectivity index (χ1) is 6.65. The van der Waals surface area contributed by atoms with E-state index in [0.29, 0.717) is 12.6 Å². The summed E-state index contributed by atoms with van der Waals surface area (Å²) in [4.78, 5) is 6.53. The van der Waals surface area contributed by atoms with Crippen molar-refractivity contribution in [3.63, 3.8) is 0 Å². The lowest BCUT2D eigenvalue weighted by Crippen LogP contribution is -2.26. The van der Waals surface area contributed by atoms with E-state index < -0.39 is 0 Å². The third kappa shape index (κ3) is 2.79. The Kier molecular flexibility index (Phi) is 4.04. The molecular weight excluding hydrogens is 174 g/mol. The standard InChI is InChI=1S/C11H19N3/c1-9(2)14(3)8-10-5-4-6-13-11(10)7-12/h4-6,9H,7-8,12H2,1-3H3. The fourth-order valence-corrected chi connectivity index (χ4v) is 1.25. The van der Waals surface area contributed by atoms with E-state index in [-0.39, 0.29) is 0 Å². The molecule has 14 heavy (non-hydrogen) atoms. The van der Waals surface area contributed by atoms with Gasteiger partial charge in [-0.25, -0.2) is 0 Å². The van der Waals surface area contributed by atoms with E-state index in [0.717, 1.165) is 12.2 Å². The fraction of sp³-hybridized carbons (Fsp3) is 0.545. The highest BCUT2D eigenvalue weighted by atomic mass is 15.1. The van der Waals surface area contributed by atoms with Gasteiger partial charge in [0.2, 0.25) is 0 Å². The predicted octanol–water partition coefficient (Wildman–Crippen LogP) is 1.38. The molecule has 3 nitrogen and oxygen atoms in total. The molecular formula is C11H19N3. The molecule has 0 aliphatic carbocycles. The highest BCUT2D eigenvalue weighted by molar-refractivity contribution is 5.19. The lowest BCUT2D eigenvalue weighted by molar-refractivity contribution is 0.264. The van der Waals surface area contributed by atoms with E-state index in [1.54, 1.807) is 6.20 Å².